The molecule has 1 N–H and O–H groups in total. The van der Waals surface area contributed by atoms with Crippen molar-refractivity contribution in [3.8, 4) is 5.75 Å². The summed E-state index contributed by atoms with van der Waals surface area (Å²) in [7, 11) is 1.53. The van der Waals surface area contributed by atoms with E-state index in [-0.39, 0.29) is 17.9 Å². The van der Waals surface area contributed by atoms with Crippen LogP contribution in [0.2, 0.25) is 0 Å². The molecule has 0 spiro atoms. The summed E-state index contributed by atoms with van der Waals surface area (Å²) in [5, 5.41) is 11.1. The van der Waals surface area contributed by atoms with Gasteiger partial charge < -0.3 is 14.7 Å². The number of aromatic nitrogens is 1. The number of ketones is 1. The molecule has 1 aliphatic rings. The fraction of sp³-hybridized carbons (Fsp3) is 0.160. The van der Waals surface area contributed by atoms with Gasteiger partial charge in [-0.3, -0.25) is 14.6 Å². The van der Waals surface area contributed by atoms with Gasteiger partial charge in [-0.05, 0) is 42.3 Å². The molecule has 4 rings (SSSR count). The average molecular weight is 414 g/mol. The molecule has 1 unspecified atom stereocenters. The van der Waals surface area contributed by atoms with Gasteiger partial charge in [-0.15, -0.1) is 0 Å². The molecule has 1 aromatic heterocycles. The Balaban J connectivity index is 1.86. The van der Waals surface area contributed by atoms with E-state index in [4.69, 9.17) is 4.74 Å². The topological polar surface area (TPSA) is 79.7 Å². The minimum atomic E-state index is -0.708. The standard InChI is InChI=1S/C25H22N2O4/c1-16-6-8-18(9-7-16)22-21(23(28)19-4-3-5-20(14-19)31-2)24(29)25(30)27(22)15-17-10-12-26-13-11-17/h3-14,22,28H,15H2,1-2H3/b23-21+. The molecule has 1 aliphatic heterocycles. The van der Waals surface area contributed by atoms with E-state index in [0.717, 1.165) is 16.7 Å². The van der Waals surface area contributed by atoms with Crippen molar-refractivity contribution < 1.29 is 19.4 Å². The summed E-state index contributed by atoms with van der Waals surface area (Å²) in [6.45, 7) is 2.19. The van der Waals surface area contributed by atoms with Gasteiger partial charge in [-0.25, -0.2) is 0 Å². The van der Waals surface area contributed by atoms with Crippen LogP contribution < -0.4 is 4.74 Å². The summed E-state index contributed by atoms with van der Waals surface area (Å²) >= 11 is 0. The maximum absolute atomic E-state index is 13.1. The summed E-state index contributed by atoms with van der Waals surface area (Å²) in [4.78, 5) is 31.6. The number of pyridine rings is 1. The first-order valence-electron chi connectivity index (χ1n) is 9.88. The molecule has 0 radical (unpaired) electrons. The monoisotopic (exact) mass is 414 g/mol. The van der Waals surface area contributed by atoms with Crippen molar-refractivity contribution in [2.45, 2.75) is 19.5 Å². The summed E-state index contributed by atoms with van der Waals surface area (Å²) in [6.07, 6.45) is 3.28. The van der Waals surface area contributed by atoms with E-state index in [1.165, 1.54) is 12.0 Å². The summed E-state index contributed by atoms with van der Waals surface area (Å²) < 4.78 is 5.24. The van der Waals surface area contributed by atoms with Crippen molar-refractivity contribution in [1.82, 2.24) is 9.88 Å². The molecule has 1 saturated heterocycles. The van der Waals surface area contributed by atoms with Gasteiger partial charge in [0, 0.05) is 24.5 Å². The van der Waals surface area contributed by atoms with Gasteiger partial charge in [0.05, 0.1) is 18.7 Å². The molecule has 2 aromatic carbocycles. The maximum Gasteiger partial charge on any atom is 0.295 e. The number of hydrogen-bond donors (Lipinski definition) is 1. The molecular formula is C25H22N2O4. The van der Waals surface area contributed by atoms with E-state index in [2.05, 4.69) is 4.98 Å². The van der Waals surface area contributed by atoms with E-state index < -0.39 is 17.7 Å². The zero-order chi connectivity index (χ0) is 22.0. The number of aliphatic hydroxyl groups is 1. The number of nitrogens with zero attached hydrogens (tertiary/aromatic N) is 2. The molecule has 156 valence electrons. The lowest BCUT2D eigenvalue weighted by Gasteiger charge is -2.25. The Bertz CT molecular complexity index is 1150. The number of rotatable bonds is 5. The Morgan fingerprint density at radius 2 is 1.77 bits per heavy atom. The largest absolute Gasteiger partial charge is 0.507 e. The summed E-state index contributed by atoms with van der Waals surface area (Å²) in [5.41, 5.74) is 3.14. The van der Waals surface area contributed by atoms with Gasteiger partial charge in [0.1, 0.15) is 11.5 Å². The second-order valence-corrected chi connectivity index (χ2v) is 7.43. The fourth-order valence-electron chi connectivity index (χ4n) is 3.75. The van der Waals surface area contributed by atoms with Crippen LogP contribution in [0.15, 0.2) is 78.6 Å². The lowest BCUT2D eigenvalue weighted by molar-refractivity contribution is -0.140. The van der Waals surface area contributed by atoms with Crippen molar-refractivity contribution in [2.24, 2.45) is 0 Å². The number of aryl methyl sites for hydroxylation is 1. The summed E-state index contributed by atoms with van der Waals surface area (Å²) in [6, 6.07) is 17.3. The predicted octanol–water partition coefficient (Wildman–Crippen LogP) is 4.02. The van der Waals surface area contributed by atoms with Crippen molar-refractivity contribution in [2.75, 3.05) is 7.11 Å². The number of carbonyl (C=O) groups excluding carboxylic acids is 2. The third kappa shape index (κ3) is 3.92. The first kappa shape index (κ1) is 20.3. The number of likely N-dealkylation sites (tertiary alicyclic amines) is 1. The second kappa shape index (κ2) is 8.44. The molecular weight excluding hydrogens is 392 g/mol. The highest BCUT2D eigenvalue weighted by molar-refractivity contribution is 6.46. The highest BCUT2D eigenvalue weighted by atomic mass is 16.5. The van der Waals surface area contributed by atoms with Gasteiger partial charge >= 0.3 is 0 Å². The predicted molar refractivity (Wildman–Crippen MR) is 116 cm³/mol. The number of ether oxygens (including phenoxy) is 1. The van der Waals surface area contributed by atoms with Gasteiger partial charge in [-0.2, -0.15) is 0 Å². The number of carbonyl (C=O) groups is 2. The Hall–Kier alpha value is -3.93. The third-order valence-electron chi connectivity index (χ3n) is 5.38. The quantitative estimate of drug-likeness (QED) is 0.388. The van der Waals surface area contributed by atoms with Crippen LogP contribution in [0.1, 0.15) is 28.3 Å². The van der Waals surface area contributed by atoms with Crippen LogP contribution >= 0.6 is 0 Å². The van der Waals surface area contributed by atoms with Crippen LogP contribution in [0.25, 0.3) is 5.76 Å². The zero-order valence-corrected chi connectivity index (χ0v) is 17.3. The minimum Gasteiger partial charge on any atom is -0.507 e. The van der Waals surface area contributed by atoms with Crippen LogP contribution in [0.4, 0.5) is 0 Å². The fourth-order valence-corrected chi connectivity index (χ4v) is 3.75. The van der Waals surface area contributed by atoms with Gasteiger partial charge in [0.15, 0.2) is 0 Å². The number of hydrogen-bond acceptors (Lipinski definition) is 5. The van der Waals surface area contributed by atoms with Gasteiger partial charge in [0.2, 0.25) is 0 Å². The number of aliphatic hydroxyl groups excluding tert-OH is 1. The van der Waals surface area contributed by atoms with Crippen LogP contribution in [-0.4, -0.2) is 33.8 Å². The van der Waals surface area contributed by atoms with Crippen molar-refractivity contribution in [3.63, 3.8) is 0 Å². The van der Waals surface area contributed by atoms with Crippen LogP contribution in [0.5, 0.6) is 5.75 Å². The third-order valence-corrected chi connectivity index (χ3v) is 5.38. The van der Waals surface area contributed by atoms with E-state index in [0.29, 0.717) is 11.3 Å². The maximum atomic E-state index is 13.1. The molecule has 3 aromatic rings. The first-order valence-corrected chi connectivity index (χ1v) is 9.88. The SMILES string of the molecule is COc1cccc(/C(O)=C2\C(=O)C(=O)N(Cc3ccncc3)C2c2ccc(C)cc2)c1. The van der Waals surface area contributed by atoms with E-state index in [1.54, 1.807) is 48.8 Å². The Morgan fingerprint density at radius 3 is 2.45 bits per heavy atom. The van der Waals surface area contributed by atoms with Crippen LogP contribution in [-0.2, 0) is 16.1 Å². The molecule has 6 nitrogen and oxygen atoms in total. The van der Waals surface area contributed by atoms with Gasteiger partial charge in [0.25, 0.3) is 11.7 Å². The molecule has 0 bridgehead atoms. The van der Waals surface area contributed by atoms with Gasteiger partial charge in [-0.1, -0.05) is 42.0 Å². The molecule has 6 heteroatoms. The normalized spacial score (nSPS) is 17.7. The molecule has 31 heavy (non-hydrogen) atoms. The number of amides is 1. The average Bonchev–Trinajstić information content (AvgIpc) is 3.05. The second-order valence-electron chi connectivity index (χ2n) is 7.43. The smallest absolute Gasteiger partial charge is 0.295 e. The highest BCUT2D eigenvalue weighted by Crippen LogP contribution is 2.40. The van der Waals surface area contributed by atoms with Crippen molar-refractivity contribution >= 4 is 17.4 Å². The Morgan fingerprint density at radius 1 is 1.06 bits per heavy atom. The number of Topliss-reactive ketones (excluding diaryl/α,β-unsaturated/α-hetero) is 1. The minimum absolute atomic E-state index is 0.0659. The first-order chi connectivity index (χ1) is 15.0. The van der Waals surface area contributed by atoms with Crippen molar-refractivity contribution in [3.05, 3.63) is 101 Å². The number of methoxy groups -OCH3 is 1. The molecule has 2 heterocycles. The lowest BCUT2D eigenvalue weighted by Crippen LogP contribution is -2.29. The summed E-state index contributed by atoms with van der Waals surface area (Å²) in [5.74, 6) is -1.03. The molecule has 1 fully saturated rings. The zero-order valence-electron chi connectivity index (χ0n) is 17.3. The van der Waals surface area contributed by atoms with E-state index in [9.17, 15) is 14.7 Å². The molecule has 0 aliphatic carbocycles. The van der Waals surface area contributed by atoms with E-state index >= 15 is 0 Å². The molecule has 1 amide bonds. The Labute approximate surface area is 180 Å². The Kier molecular flexibility index (Phi) is 5.54. The van der Waals surface area contributed by atoms with Crippen LogP contribution in [0.3, 0.4) is 0 Å². The lowest BCUT2D eigenvalue weighted by atomic mass is 9.94. The van der Waals surface area contributed by atoms with Crippen LogP contribution in [0, 0.1) is 6.92 Å². The highest BCUT2D eigenvalue weighted by Gasteiger charge is 2.46. The van der Waals surface area contributed by atoms with E-state index in [1.807, 2.05) is 31.2 Å². The molecule has 1 atom stereocenters. The van der Waals surface area contributed by atoms with Crippen molar-refractivity contribution in [1.29, 1.82) is 0 Å². The molecule has 0 saturated carbocycles. The number of benzene rings is 2.